The van der Waals surface area contributed by atoms with Crippen molar-refractivity contribution in [2.24, 2.45) is 4.99 Å². The summed E-state index contributed by atoms with van der Waals surface area (Å²) in [5.41, 5.74) is 4.20. The van der Waals surface area contributed by atoms with E-state index in [9.17, 15) is 0 Å². The van der Waals surface area contributed by atoms with Gasteiger partial charge in [0.1, 0.15) is 11.5 Å². The molecule has 0 heterocycles. The van der Waals surface area contributed by atoms with Crippen LogP contribution in [0.5, 0.6) is 11.5 Å². The van der Waals surface area contributed by atoms with E-state index >= 15 is 0 Å². The molecule has 0 spiro atoms. The summed E-state index contributed by atoms with van der Waals surface area (Å²) in [6, 6.07) is 24.0. The number of thioether (sulfide) groups is 1. The summed E-state index contributed by atoms with van der Waals surface area (Å²) in [5, 5.41) is 4.23. The summed E-state index contributed by atoms with van der Waals surface area (Å²) in [4.78, 5) is 6.97. The van der Waals surface area contributed by atoms with Crippen LogP contribution >= 0.6 is 11.8 Å². The van der Waals surface area contributed by atoms with E-state index in [0.29, 0.717) is 0 Å². The molecule has 0 aliphatic heterocycles. The summed E-state index contributed by atoms with van der Waals surface area (Å²) >= 11 is 1.65. The largest absolute Gasteiger partial charge is 0.497 e. The van der Waals surface area contributed by atoms with Gasteiger partial charge >= 0.3 is 0 Å². The molecule has 0 saturated heterocycles. The van der Waals surface area contributed by atoms with Gasteiger partial charge < -0.3 is 19.7 Å². The van der Waals surface area contributed by atoms with E-state index in [1.807, 2.05) is 48.5 Å². The first kappa shape index (κ1) is 21.6. The molecular weight excluding hydrogens is 394 g/mol. The normalized spacial score (nSPS) is 11.1. The van der Waals surface area contributed by atoms with Gasteiger partial charge in [-0.1, -0.05) is 42.1 Å². The highest BCUT2D eigenvalue weighted by Crippen LogP contribution is 2.27. The Balaban J connectivity index is 1.87. The lowest BCUT2D eigenvalue weighted by molar-refractivity contribution is 0.415. The summed E-state index contributed by atoms with van der Waals surface area (Å²) < 4.78 is 10.7. The van der Waals surface area contributed by atoms with Gasteiger partial charge in [-0.2, -0.15) is 0 Å². The highest BCUT2D eigenvalue weighted by atomic mass is 32.2. The highest BCUT2D eigenvalue weighted by Gasteiger charge is 2.09. The predicted molar refractivity (Wildman–Crippen MR) is 129 cm³/mol. The van der Waals surface area contributed by atoms with Crippen molar-refractivity contribution < 1.29 is 9.47 Å². The van der Waals surface area contributed by atoms with Gasteiger partial charge in [-0.05, 0) is 35.9 Å². The van der Waals surface area contributed by atoms with E-state index < -0.39 is 0 Å². The molecule has 1 N–H and O–H groups in total. The van der Waals surface area contributed by atoms with Crippen molar-refractivity contribution in [1.29, 1.82) is 0 Å². The molecular formula is C24H27N3O2S. The second-order valence-electron chi connectivity index (χ2n) is 6.79. The van der Waals surface area contributed by atoms with E-state index in [-0.39, 0.29) is 0 Å². The number of amidine groups is 1. The number of ether oxygens (including phenoxy) is 2. The molecule has 3 aromatic rings. The molecule has 0 aliphatic carbocycles. The van der Waals surface area contributed by atoms with Crippen molar-refractivity contribution in [2.75, 3.05) is 38.5 Å². The van der Waals surface area contributed by atoms with Crippen LogP contribution in [0.3, 0.4) is 0 Å². The molecule has 0 atom stereocenters. The maximum atomic E-state index is 5.35. The number of benzene rings is 3. The molecule has 0 unspecified atom stereocenters. The van der Waals surface area contributed by atoms with Gasteiger partial charge in [-0.25, -0.2) is 4.99 Å². The Bertz CT molecular complexity index is 1010. The minimum Gasteiger partial charge on any atom is -0.497 e. The zero-order chi connectivity index (χ0) is 21.3. The molecule has 3 aromatic carbocycles. The van der Waals surface area contributed by atoms with Gasteiger partial charge in [-0.15, -0.1) is 0 Å². The maximum Gasteiger partial charge on any atom is 0.166 e. The number of methoxy groups -OCH3 is 2. The molecule has 0 fully saturated rings. The van der Waals surface area contributed by atoms with E-state index in [4.69, 9.17) is 14.5 Å². The summed E-state index contributed by atoms with van der Waals surface area (Å²) in [5.74, 6) is 2.36. The third kappa shape index (κ3) is 5.94. The smallest absolute Gasteiger partial charge is 0.166 e. The third-order valence-corrected chi connectivity index (χ3v) is 5.36. The van der Waals surface area contributed by atoms with E-state index in [1.165, 1.54) is 11.3 Å². The number of hydrogen-bond acceptors (Lipinski definition) is 5. The van der Waals surface area contributed by atoms with Gasteiger partial charge in [0, 0.05) is 43.4 Å². The Morgan fingerprint density at radius 2 is 1.60 bits per heavy atom. The number of nitrogens with zero attached hydrogens (tertiary/aromatic N) is 2. The highest BCUT2D eigenvalue weighted by molar-refractivity contribution is 8.13. The van der Waals surface area contributed by atoms with Crippen molar-refractivity contribution in [2.45, 2.75) is 5.75 Å². The lowest BCUT2D eigenvalue weighted by Gasteiger charge is -2.18. The SMILES string of the molecule is COc1cccc(N=C(Nc2cccc(OC)c2)SCc2ccccc2N(C)C)c1. The van der Waals surface area contributed by atoms with Crippen molar-refractivity contribution >= 4 is 34.0 Å². The van der Waals surface area contributed by atoms with Gasteiger partial charge in [0.15, 0.2) is 5.17 Å². The predicted octanol–water partition coefficient (Wildman–Crippen LogP) is 5.80. The fourth-order valence-corrected chi connectivity index (χ4v) is 3.83. The topological polar surface area (TPSA) is 46.1 Å². The first-order chi connectivity index (χ1) is 14.6. The second kappa shape index (κ2) is 10.6. The summed E-state index contributed by atoms with van der Waals surface area (Å²) in [6.45, 7) is 0. The van der Waals surface area contributed by atoms with E-state index in [0.717, 1.165) is 33.8 Å². The molecule has 0 radical (unpaired) electrons. The molecule has 0 bridgehead atoms. The van der Waals surface area contributed by atoms with Crippen LogP contribution in [0.25, 0.3) is 0 Å². The second-order valence-corrected chi connectivity index (χ2v) is 7.75. The molecule has 5 nitrogen and oxygen atoms in total. The van der Waals surface area contributed by atoms with Crippen molar-refractivity contribution in [3.63, 3.8) is 0 Å². The average molecular weight is 422 g/mol. The lowest BCUT2D eigenvalue weighted by Crippen LogP contribution is -2.12. The molecule has 0 aromatic heterocycles. The number of anilines is 2. The molecule has 6 heteroatoms. The lowest BCUT2D eigenvalue weighted by atomic mass is 10.2. The van der Waals surface area contributed by atoms with Crippen molar-refractivity contribution in [1.82, 2.24) is 0 Å². The standard InChI is InChI=1S/C24H27N3O2S/c1-27(2)23-14-6-5-9-18(23)17-30-24(25-19-10-7-12-21(15-19)28-3)26-20-11-8-13-22(16-20)29-4/h5-16H,17H2,1-4H3,(H,25,26). The average Bonchev–Trinajstić information content (AvgIpc) is 2.78. The number of nitrogens with one attached hydrogen (secondary N) is 1. The zero-order valence-electron chi connectivity index (χ0n) is 17.8. The fraction of sp³-hybridized carbons (Fsp3) is 0.208. The van der Waals surface area contributed by atoms with E-state index in [2.05, 4.69) is 48.6 Å². The van der Waals surface area contributed by atoms with Gasteiger partial charge in [0.05, 0.1) is 19.9 Å². The van der Waals surface area contributed by atoms with Crippen LogP contribution in [-0.4, -0.2) is 33.5 Å². The monoisotopic (exact) mass is 421 g/mol. The molecule has 0 aliphatic rings. The quantitative estimate of drug-likeness (QED) is 0.386. The Morgan fingerprint density at radius 1 is 0.900 bits per heavy atom. The summed E-state index contributed by atoms with van der Waals surface area (Å²) in [6.07, 6.45) is 0. The number of hydrogen-bond donors (Lipinski definition) is 1. The van der Waals surface area contributed by atoms with Crippen molar-refractivity contribution in [3.05, 3.63) is 78.4 Å². The Hall–Kier alpha value is -3.12. The number of rotatable bonds is 7. The van der Waals surface area contributed by atoms with Gasteiger partial charge in [0.2, 0.25) is 0 Å². The third-order valence-electron chi connectivity index (χ3n) is 4.44. The van der Waals surface area contributed by atoms with Crippen LogP contribution in [0, 0.1) is 0 Å². The molecule has 0 saturated carbocycles. The molecule has 3 rings (SSSR count). The molecule has 0 amide bonds. The maximum absolute atomic E-state index is 5.35. The summed E-state index contributed by atoms with van der Waals surface area (Å²) in [7, 11) is 7.44. The first-order valence-corrected chi connectivity index (χ1v) is 10.6. The van der Waals surface area contributed by atoms with Crippen LogP contribution in [0.4, 0.5) is 17.1 Å². The number of para-hydroxylation sites is 1. The number of aliphatic imine (C=N–C) groups is 1. The van der Waals surface area contributed by atoms with Crippen LogP contribution in [0.1, 0.15) is 5.56 Å². The zero-order valence-corrected chi connectivity index (χ0v) is 18.6. The minimum absolute atomic E-state index is 0.778. The van der Waals surface area contributed by atoms with E-state index in [1.54, 1.807) is 26.0 Å². The Labute approximate surface area is 182 Å². The van der Waals surface area contributed by atoms with Crippen molar-refractivity contribution in [3.8, 4) is 11.5 Å². The fourth-order valence-electron chi connectivity index (χ4n) is 2.93. The molecule has 156 valence electrons. The van der Waals surface area contributed by atoms with Gasteiger partial charge in [0.25, 0.3) is 0 Å². The Morgan fingerprint density at radius 3 is 2.33 bits per heavy atom. The van der Waals surface area contributed by atoms with Crippen LogP contribution in [-0.2, 0) is 5.75 Å². The Kier molecular flexibility index (Phi) is 7.63. The van der Waals surface area contributed by atoms with Crippen LogP contribution < -0.4 is 19.7 Å². The first-order valence-electron chi connectivity index (χ1n) is 9.61. The van der Waals surface area contributed by atoms with Crippen LogP contribution in [0.2, 0.25) is 0 Å². The van der Waals surface area contributed by atoms with Gasteiger partial charge in [-0.3, -0.25) is 0 Å². The molecule has 30 heavy (non-hydrogen) atoms. The minimum atomic E-state index is 0.778. The van der Waals surface area contributed by atoms with Crippen LogP contribution in [0.15, 0.2) is 77.8 Å².